The van der Waals surface area contributed by atoms with Crippen molar-refractivity contribution in [2.75, 3.05) is 25.0 Å². The van der Waals surface area contributed by atoms with Crippen molar-refractivity contribution in [1.82, 2.24) is 4.90 Å². The Bertz CT molecular complexity index is 554. The highest BCUT2D eigenvalue weighted by molar-refractivity contribution is 5.94. The third-order valence-corrected chi connectivity index (χ3v) is 3.39. The van der Waals surface area contributed by atoms with E-state index >= 15 is 0 Å². The van der Waals surface area contributed by atoms with Gasteiger partial charge in [0.1, 0.15) is 0 Å². The minimum absolute atomic E-state index is 0.127. The zero-order valence-electron chi connectivity index (χ0n) is 12.7. The first-order chi connectivity index (χ1) is 10.2. The minimum atomic E-state index is 0.127. The molecule has 0 bridgehead atoms. The molecular formula is C18H22N2O. The second kappa shape index (κ2) is 7.60. The number of hydrogen-bond donors (Lipinski definition) is 0. The molecule has 0 radical (unpaired) electrons. The SMILES string of the molecule is CCN(C(=O)CN(C)Cc1ccccc1)c1ccccc1. The van der Waals surface area contributed by atoms with Gasteiger partial charge in [-0.1, -0.05) is 48.5 Å². The smallest absolute Gasteiger partial charge is 0.241 e. The number of likely N-dealkylation sites (N-methyl/N-ethyl adjacent to an activating group) is 2. The summed E-state index contributed by atoms with van der Waals surface area (Å²) in [5.74, 6) is 0.127. The Kier molecular flexibility index (Phi) is 5.52. The molecular weight excluding hydrogens is 260 g/mol. The molecule has 2 rings (SSSR count). The van der Waals surface area contributed by atoms with Crippen molar-refractivity contribution >= 4 is 11.6 Å². The van der Waals surface area contributed by atoms with Crippen LogP contribution in [0.4, 0.5) is 5.69 Å². The predicted molar refractivity (Wildman–Crippen MR) is 87.2 cm³/mol. The number of amides is 1. The maximum atomic E-state index is 12.5. The highest BCUT2D eigenvalue weighted by Gasteiger charge is 2.15. The Labute approximate surface area is 126 Å². The van der Waals surface area contributed by atoms with Gasteiger partial charge in [0, 0.05) is 18.8 Å². The van der Waals surface area contributed by atoms with Crippen LogP contribution < -0.4 is 4.90 Å². The summed E-state index contributed by atoms with van der Waals surface area (Å²) >= 11 is 0. The van der Waals surface area contributed by atoms with Crippen LogP contribution in [0.15, 0.2) is 60.7 Å². The van der Waals surface area contributed by atoms with Gasteiger partial charge in [0.15, 0.2) is 0 Å². The van der Waals surface area contributed by atoms with E-state index in [0.29, 0.717) is 13.1 Å². The topological polar surface area (TPSA) is 23.6 Å². The Morgan fingerprint density at radius 1 is 0.952 bits per heavy atom. The summed E-state index contributed by atoms with van der Waals surface area (Å²) in [4.78, 5) is 16.3. The van der Waals surface area contributed by atoms with Gasteiger partial charge < -0.3 is 4.90 Å². The summed E-state index contributed by atoms with van der Waals surface area (Å²) in [5.41, 5.74) is 2.17. The molecule has 0 aliphatic heterocycles. The maximum absolute atomic E-state index is 12.5. The van der Waals surface area contributed by atoms with Crippen molar-refractivity contribution in [2.24, 2.45) is 0 Å². The van der Waals surface area contributed by atoms with Crippen molar-refractivity contribution in [3.05, 3.63) is 66.2 Å². The van der Waals surface area contributed by atoms with Crippen LogP contribution >= 0.6 is 0 Å². The minimum Gasteiger partial charge on any atom is -0.312 e. The van der Waals surface area contributed by atoms with Crippen molar-refractivity contribution in [2.45, 2.75) is 13.5 Å². The summed E-state index contributed by atoms with van der Waals surface area (Å²) in [6, 6.07) is 20.0. The zero-order valence-corrected chi connectivity index (χ0v) is 12.7. The number of hydrogen-bond acceptors (Lipinski definition) is 2. The van der Waals surface area contributed by atoms with Gasteiger partial charge >= 0.3 is 0 Å². The Balaban J connectivity index is 1.96. The van der Waals surface area contributed by atoms with Crippen LogP contribution in [0.3, 0.4) is 0 Å². The number of rotatable bonds is 6. The van der Waals surface area contributed by atoms with Gasteiger partial charge in [-0.15, -0.1) is 0 Å². The van der Waals surface area contributed by atoms with Gasteiger partial charge in [0.2, 0.25) is 5.91 Å². The van der Waals surface area contributed by atoms with Crippen molar-refractivity contribution in [3.8, 4) is 0 Å². The molecule has 0 fully saturated rings. The molecule has 0 N–H and O–H groups in total. The summed E-state index contributed by atoms with van der Waals surface area (Å²) < 4.78 is 0. The third-order valence-electron chi connectivity index (χ3n) is 3.39. The normalized spacial score (nSPS) is 10.6. The van der Waals surface area contributed by atoms with E-state index in [1.54, 1.807) is 0 Å². The molecule has 2 aromatic carbocycles. The monoisotopic (exact) mass is 282 g/mol. The van der Waals surface area contributed by atoms with Crippen LogP contribution in [-0.4, -0.2) is 30.9 Å². The average molecular weight is 282 g/mol. The van der Waals surface area contributed by atoms with Crippen LogP contribution in [0.25, 0.3) is 0 Å². The standard InChI is InChI=1S/C18H22N2O/c1-3-20(17-12-8-5-9-13-17)18(21)15-19(2)14-16-10-6-4-7-11-16/h4-13H,3,14-15H2,1-2H3. The molecule has 0 aliphatic carbocycles. The van der Waals surface area contributed by atoms with Crippen LogP contribution in [0.2, 0.25) is 0 Å². The van der Waals surface area contributed by atoms with Crippen LogP contribution in [-0.2, 0) is 11.3 Å². The molecule has 2 aromatic rings. The molecule has 0 aromatic heterocycles. The summed E-state index contributed by atoms with van der Waals surface area (Å²) in [6.07, 6.45) is 0. The molecule has 0 atom stereocenters. The number of nitrogens with zero attached hydrogens (tertiary/aromatic N) is 2. The third kappa shape index (κ3) is 4.43. The lowest BCUT2D eigenvalue weighted by atomic mass is 10.2. The Morgan fingerprint density at radius 2 is 1.52 bits per heavy atom. The van der Waals surface area contributed by atoms with E-state index in [2.05, 4.69) is 12.1 Å². The summed E-state index contributed by atoms with van der Waals surface area (Å²) in [7, 11) is 1.98. The van der Waals surface area contributed by atoms with Gasteiger partial charge in [-0.3, -0.25) is 9.69 Å². The van der Waals surface area contributed by atoms with Crippen LogP contribution in [0.5, 0.6) is 0 Å². The second-order valence-corrected chi connectivity index (χ2v) is 5.13. The molecule has 3 heteroatoms. The summed E-state index contributed by atoms with van der Waals surface area (Å²) in [5, 5.41) is 0. The van der Waals surface area contributed by atoms with Crippen molar-refractivity contribution < 1.29 is 4.79 Å². The quantitative estimate of drug-likeness (QED) is 0.812. The van der Waals surface area contributed by atoms with E-state index in [1.165, 1.54) is 5.56 Å². The maximum Gasteiger partial charge on any atom is 0.241 e. The van der Waals surface area contributed by atoms with Gasteiger partial charge in [-0.25, -0.2) is 0 Å². The van der Waals surface area contributed by atoms with E-state index in [-0.39, 0.29) is 5.91 Å². The van der Waals surface area contributed by atoms with Crippen molar-refractivity contribution in [3.63, 3.8) is 0 Å². The van der Waals surface area contributed by atoms with Crippen LogP contribution in [0, 0.1) is 0 Å². The van der Waals surface area contributed by atoms with Gasteiger partial charge in [0.05, 0.1) is 6.54 Å². The highest BCUT2D eigenvalue weighted by Crippen LogP contribution is 2.13. The second-order valence-electron chi connectivity index (χ2n) is 5.13. The average Bonchev–Trinajstić information content (AvgIpc) is 2.50. The Morgan fingerprint density at radius 3 is 2.10 bits per heavy atom. The fourth-order valence-corrected chi connectivity index (χ4v) is 2.38. The molecule has 0 unspecified atom stereocenters. The van der Waals surface area contributed by atoms with E-state index < -0.39 is 0 Å². The number of anilines is 1. The van der Waals surface area contributed by atoms with E-state index in [4.69, 9.17) is 0 Å². The first kappa shape index (κ1) is 15.3. The largest absolute Gasteiger partial charge is 0.312 e. The molecule has 110 valence electrons. The molecule has 0 spiro atoms. The van der Waals surface area contributed by atoms with Gasteiger partial charge in [-0.05, 0) is 31.7 Å². The molecule has 21 heavy (non-hydrogen) atoms. The lowest BCUT2D eigenvalue weighted by Gasteiger charge is -2.24. The number of benzene rings is 2. The van der Waals surface area contributed by atoms with E-state index in [9.17, 15) is 4.79 Å². The van der Waals surface area contributed by atoms with Crippen molar-refractivity contribution in [1.29, 1.82) is 0 Å². The fraction of sp³-hybridized carbons (Fsp3) is 0.278. The lowest BCUT2D eigenvalue weighted by molar-refractivity contribution is -0.119. The molecule has 1 amide bonds. The first-order valence-corrected chi connectivity index (χ1v) is 7.28. The molecule has 3 nitrogen and oxygen atoms in total. The molecule has 0 saturated carbocycles. The molecule has 0 heterocycles. The van der Waals surface area contributed by atoms with E-state index in [0.717, 1.165) is 12.2 Å². The molecule has 0 saturated heterocycles. The lowest BCUT2D eigenvalue weighted by Crippen LogP contribution is -2.38. The predicted octanol–water partition coefficient (Wildman–Crippen LogP) is 3.17. The fourth-order valence-electron chi connectivity index (χ4n) is 2.38. The zero-order chi connectivity index (χ0) is 15.1. The molecule has 0 aliphatic rings. The van der Waals surface area contributed by atoms with Crippen LogP contribution in [0.1, 0.15) is 12.5 Å². The number of para-hydroxylation sites is 1. The van der Waals surface area contributed by atoms with Gasteiger partial charge in [0.25, 0.3) is 0 Å². The first-order valence-electron chi connectivity index (χ1n) is 7.28. The highest BCUT2D eigenvalue weighted by atomic mass is 16.2. The number of carbonyl (C=O) groups is 1. The van der Waals surface area contributed by atoms with Gasteiger partial charge in [-0.2, -0.15) is 0 Å². The van der Waals surface area contributed by atoms with E-state index in [1.807, 2.05) is 72.3 Å². The summed E-state index contributed by atoms with van der Waals surface area (Å²) in [6.45, 7) is 3.88. The number of carbonyl (C=O) groups excluding carboxylic acids is 1. The Hall–Kier alpha value is -2.13.